The fourth-order valence-corrected chi connectivity index (χ4v) is 4.75. The number of rotatable bonds is 8. The fraction of sp³-hybridized carbons (Fsp3) is 0.538. The van der Waals surface area contributed by atoms with Crippen LogP contribution in [0.4, 0.5) is 0 Å². The summed E-state index contributed by atoms with van der Waals surface area (Å²) in [7, 11) is 0. The maximum absolute atomic E-state index is 2.31. The van der Waals surface area contributed by atoms with Crippen LogP contribution in [0.5, 0.6) is 0 Å². The Morgan fingerprint density at radius 3 is 1.38 bits per heavy atom. The first kappa shape index (κ1) is 19.2. The summed E-state index contributed by atoms with van der Waals surface area (Å²) in [6.07, 6.45) is 14.0. The lowest BCUT2D eigenvalue weighted by molar-refractivity contribution is 0.247. The summed E-state index contributed by atoms with van der Waals surface area (Å²) in [4.78, 5) is 0. The van der Waals surface area contributed by atoms with Crippen molar-refractivity contribution in [3.63, 3.8) is 0 Å². The van der Waals surface area contributed by atoms with Crippen LogP contribution < -0.4 is 0 Å². The van der Waals surface area contributed by atoms with E-state index in [1.807, 2.05) is 0 Å². The molecule has 0 aromatic heterocycles. The number of benzene rings is 2. The zero-order valence-electron chi connectivity index (χ0n) is 16.8. The highest BCUT2D eigenvalue weighted by Crippen LogP contribution is 2.34. The zero-order chi connectivity index (χ0) is 18.2. The summed E-state index contributed by atoms with van der Waals surface area (Å²) in [6, 6.07) is 17.8. The number of hydrogen-bond donors (Lipinski definition) is 0. The van der Waals surface area contributed by atoms with Crippen molar-refractivity contribution in [2.75, 3.05) is 0 Å². The molecule has 0 nitrogen and oxygen atoms in total. The van der Waals surface area contributed by atoms with E-state index in [0.29, 0.717) is 0 Å². The highest BCUT2D eigenvalue weighted by atomic mass is 14.3. The second-order valence-corrected chi connectivity index (χ2v) is 8.52. The quantitative estimate of drug-likeness (QED) is 0.464. The Morgan fingerprint density at radius 2 is 1.00 bits per heavy atom. The molecule has 0 spiro atoms. The molecule has 26 heavy (non-hydrogen) atoms. The third kappa shape index (κ3) is 5.73. The van der Waals surface area contributed by atoms with Crippen molar-refractivity contribution in [3.05, 3.63) is 70.8 Å². The maximum atomic E-state index is 2.31. The lowest BCUT2D eigenvalue weighted by Gasteiger charge is -2.28. The van der Waals surface area contributed by atoms with Crippen LogP contribution in [0, 0.1) is 25.7 Å². The van der Waals surface area contributed by atoms with Gasteiger partial charge in [0.15, 0.2) is 0 Å². The summed E-state index contributed by atoms with van der Waals surface area (Å²) in [5, 5.41) is 0. The van der Waals surface area contributed by atoms with Gasteiger partial charge in [-0.1, -0.05) is 87.1 Å². The molecule has 3 rings (SSSR count). The van der Waals surface area contributed by atoms with Gasteiger partial charge in [-0.2, -0.15) is 0 Å². The molecule has 0 heteroatoms. The molecule has 0 N–H and O–H groups in total. The Hall–Kier alpha value is -1.56. The summed E-state index contributed by atoms with van der Waals surface area (Å²) in [5.41, 5.74) is 6.03. The lowest BCUT2D eigenvalue weighted by atomic mass is 9.77. The maximum Gasteiger partial charge on any atom is -0.0276 e. The average Bonchev–Trinajstić information content (AvgIpc) is 2.66. The second-order valence-electron chi connectivity index (χ2n) is 8.52. The van der Waals surface area contributed by atoms with E-state index in [-0.39, 0.29) is 0 Å². The van der Waals surface area contributed by atoms with E-state index in [1.165, 1.54) is 75.3 Å². The Morgan fingerprint density at radius 1 is 0.615 bits per heavy atom. The van der Waals surface area contributed by atoms with E-state index < -0.39 is 0 Å². The van der Waals surface area contributed by atoms with Crippen molar-refractivity contribution >= 4 is 0 Å². The topological polar surface area (TPSA) is 0 Å². The van der Waals surface area contributed by atoms with E-state index in [0.717, 1.165) is 11.8 Å². The van der Waals surface area contributed by atoms with E-state index in [1.54, 1.807) is 11.1 Å². The Labute approximate surface area is 161 Å². The van der Waals surface area contributed by atoms with Crippen LogP contribution in [0.2, 0.25) is 0 Å². The number of aryl methyl sites for hydroxylation is 4. The lowest BCUT2D eigenvalue weighted by Crippen LogP contribution is -2.15. The van der Waals surface area contributed by atoms with Crippen LogP contribution in [0.15, 0.2) is 48.5 Å². The van der Waals surface area contributed by atoms with Gasteiger partial charge in [0.05, 0.1) is 0 Å². The van der Waals surface area contributed by atoms with Crippen LogP contribution in [-0.4, -0.2) is 0 Å². The fourth-order valence-electron chi connectivity index (χ4n) is 4.75. The molecule has 1 aliphatic rings. The molecule has 0 aliphatic heterocycles. The highest BCUT2D eigenvalue weighted by molar-refractivity contribution is 5.26. The molecule has 1 saturated carbocycles. The molecule has 0 saturated heterocycles. The standard InChI is InChI=1S/C26H36/c1-21-9-3-5-13-25(21)15-7-11-23-17-19-24(20-18-23)12-8-16-26-14-6-4-10-22(26)2/h3-6,9-10,13-14,23-24H,7-8,11-12,15-20H2,1-2H3. The minimum Gasteiger partial charge on any atom is -0.0620 e. The summed E-state index contributed by atoms with van der Waals surface area (Å²) >= 11 is 0. The molecule has 0 radical (unpaired) electrons. The second kappa shape index (κ2) is 9.95. The van der Waals surface area contributed by atoms with Crippen LogP contribution in [-0.2, 0) is 12.8 Å². The predicted octanol–water partition coefficient (Wildman–Crippen LogP) is 7.46. The van der Waals surface area contributed by atoms with Crippen molar-refractivity contribution in [1.82, 2.24) is 0 Å². The van der Waals surface area contributed by atoms with E-state index >= 15 is 0 Å². The van der Waals surface area contributed by atoms with Crippen molar-refractivity contribution in [3.8, 4) is 0 Å². The first-order chi connectivity index (χ1) is 12.7. The van der Waals surface area contributed by atoms with Crippen LogP contribution in [0.1, 0.15) is 73.6 Å². The average molecular weight is 349 g/mol. The van der Waals surface area contributed by atoms with Gasteiger partial charge in [-0.15, -0.1) is 0 Å². The van der Waals surface area contributed by atoms with Crippen LogP contribution >= 0.6 is 0 Å². The van der Waals surface area contributed by atoms with E-state index in [4.69, 9.17) is 0 Å². The molecule has 0 heterocycles. The van der Waals surface area contributed by atoms with Crippen molar-refractivity contribution in [2.24, 2.45) is 11.8 Å². The van der Waals surface area contributed by atoms with Gasteiger partial charge in [0.25, 0.3) is 0 Å². The predicted molar refractivity (Wildman–Crippen MR) is 114 cm³/mol. The third-order valence-corrected chi connectivity index (χ3v) is 6.61. The van der Waals surface area contributed by atoms with Gasteiger partial charge >= 0.3 is 0 Å². The molecular weight excluding hydrogens is 312 g/mol. The molecule has 140 valence electrons. The van der Waals surface area contributed by atoms with Gasteiger partial charge in [-0.05, 0) is 73.6 Å². The molecule has 1 aliphatic carbocycles. The van der Waals surface area contributed by atoms with Crippen molar-refractivity contribution < 1.29 is 0 Å². The molecule has 0 atom stereocenters. The van der Waals surface area contributed by atoms with Gasteiger partial charge in [0.1, 0.15) is 0 Å². The van der Waals surface area contributed by atoms with Crippen molar-refractivity contribution in [1.29, 1.82) is 0 Å². The van der Waals surface area contributed by atoms with E-state index in [9.17, 15) is 0 Å². The zero-order valence-corrected chi connectivity index (χ0v) is 16.8. The largest absolute Gasteiger partial charge is 0.0620 e. The first-order valence-corrected chi connectivity index (χ1v) is 10.8. The molecule has 2 aromatic carbocycles. The molecular formula is C26H36. The molecule has 2 aromatic rings. The summed E-state index contributed by atoms with van der Waals surface area (Å²) in [5.74, 6) is 1.98. The molecule has 0 unspecified atom stereocenters. The van der Waals surface area contributed by atoms with Gasteiger partial charge in [-0.25, -0.2) is 0 Å². The summed E-state index contributed by atoms with van der Waals surface area (Å²) < 4.78 is 0. The Bertz CT molecular complexity index is 602. The number of hydrogen-bond acceptors (Lipinski definition) is 0. The highest BCUT2D eigenvalue weighted by Gasteiger charge is 2.20. The van der Waals surface area contributed by atoms with Gasteiger partial charge in [0, 0.05) is 0 Å². The van der Waals surface area contributed by atoms with E-state index in [2.05, 4.69) is 62.4 Å². The van der Waals surface area contributed by atoms with Gasteiger partial charge < -0.3 is 0 Å². The van der Waals surface area contributed by atoms with Gasteiger partial charge in [-0.3, -0.25) is 0 Å². The normalized spacial score (nSPS) is 20.2. The third-order valence-electron chi connectivity index (χ3n) is 6.61. The minimum absolute atomic E-state index is 0.992. The van der Waals surface area contributed by atoms with Crippen LogP contribution in [0.25, 0.3) is 0 Å². The summed E-state index contributed by atoms with van der Waals surface area (Å²) in [6.45, 7) is 4.49. The monoisotopic (exact) mass is 348 g/mol. The molecule has 0 bridgehead atoms. The Balaban J connectivity index is 1.30. The van der Waals surface area contributed by atoms with Crippen molar-refractivity contribution in [2.45, 2.75) is 78.1 Å². The smallest absolute Gasteiger partial charge is 0.0276 e. The Kier molecular flexibility index (Phi) is 7.35. The van der Waals surface area contributed by atoms with Gasteiger partial charge in [0.2, 0.25) is 0 Å². The molecule has 0 amide bonds. The molecule has 1 fully saturated rings. The first-order valence-electron chi connectivity index (χ1n) is 10.8. The minimum atomic E-state index is 0.992. The van der Waals surface area contributed by atoms with Crippen LogP contribution in [0.3, 0.4) is 0 Å². The SMILES string of the molecule is Cc1ccccc1CCCC1CCC(CCCc2ccccc2C)CC1.